The van der Waals surface area contributed by atoms with Gasteiger partial charge in [0.2, 0.25) is 0 Å². The second-order valence-corrected chi connectivity index (χ2v) is 2.13. The molecule has 0 unspecified atom stereocenters. The molecule has 11 heavy (non-hydrogen) atoms. The normalized spacial score (nSPS) is 8.09. The van der Waals surface area contributed by atoms with Crippen LogP contribution in [0.4, 0.5) is 11.4 Å². The first-order valence-electron chi connectivity index (χ1n) is 2.98. The maximum Gasteiger partial charge on any atom is 0.197 e. The molecule has 0 heterocycles. The maximum atomic E-state index is 7.83. The molecule has 1 aromatic rings. The highest BCUT2D eigenvalue weighted by Crippen LogP contribution is 2.14. The molecule has 0 atom stereocenters. The van der Waals surface area contributed by atoms with E-state index in [0.717, 1.165) is 5.56 Å². The molecular formula is C7H10N2OS. The minimum Gasteiger partial charge on any atom is -0.397 e. The summed E-state index contributed by atoms with van der Waals surface area (Å²) in [6.07, 6.45) is 0. The molecule has 0 aliphatic carbocycles. The van der Waals surface area contributed by atoms with Crippen LogP contribution in [-0.4, -0.2) is 4.21 Å². The lowest BCUT2D eigenvalue weighted by Crippen LogP contribution is -1.93. The minimum atomic E-state index is 0.653. The van der Waals surface area contributed by atoms with Gasteiger partial charge in [-0.2, -0.15) is 4.21 Å². The number of nitrogen functional groups attached to an aromatic ring is 2. The van der Waals surface area contributed by atoms with Crippen LogP contribution in [0.1, 0.15) is 5.56 Å². The van der Waals surface area contributed by atoms with Crippen molar-refractivity contribution >= 4 is 23.9 Å². The summed E-state index contributed by atoms with van der Waals surface area (Å²) >= 11 is 2.83. The van der Waals surface area contributed by atoms with E-state index in [1.54, 1.807) is 0 Å². The molecule has 0 aromatic heterocycles. The van der Waals surface area contributed by atoms with Gasteiger partial charge in [-0.3, -0.25) is 0 Å². The largest absolute Gasteiger partial charge is 0.397 e. The molecule has 3 nitrogen and oxygen atoms in total. The van der Waals surface area contributed by atoms with Crippen molar-refractivity contribution in [2.24, 2.45) is 0 Å². The first-order valence-corrected chi connectivity index (χ1v) is 3.32. The smallest absolute Gasteiger partial charge is 0.197 e. The number of nitrogens with two attached hydrogens (primary N) is 2. The van der Waals surface area contributed by atoms with Crippen LogP contribution in [0.25, 0.3) is 0 Å². The van der Waals surface area contributed by atoms with Crippen molar-refractivity contribution in [3.63, 3.8) is 0 Å². The van der Waals surface area contributed by atoms with Crippen LogP contribution < -0.4 is 11.5 Å². The molecular weight excluding hydrogens is 160 g/mol. The predicted molar refractivity (Wildman–Crippen MR) is 48.1 cm³/mol. The standard InChI is InChI=1S/C7H10N2.OS/c1-5-2-3-6(8)7(9)4-5;1-2/h2-4H,8-9H2,1H3;. The van der Waals surface area contributed by atoms with Crippen LogP contribution in [0.2, 0.25) is 0 Å². The van der Waals surface area contributed by atoms with Crippen molar-refractivity contribution < 1.29 is 4.21 Å². The van der Waals surface area contributed by atoms with Crippen molar-refractivity contribution in [2.75, 3.05) is 11.5 Å². The van der Waals surface area contributed by atoms with E-state index < -0.39 is 0 Å². The predicted octanol–water partition coefficient (Wildman–Crippen LogP) is 0.823. The number of aryl methyl sites for hydroxylation is 1. The molecule has 0 fully saturated rings. The Morgan fingerprint density at radius 1 is 1.18 bits per heavy atom. The molecule has 0 aliphatic heterocycles. The van der Waals surface area contributed by atoms with E-state index in [-0.39, 0.29) is 0 Å². The van der Waals surface area contributed by atoms with Gasteiger partial charge in [0.15, 0.2) is 12.5 Å². The summed E-state index contributed by atoms with van der Waals surface area (Å²) in [5, 5.41) is 0. The van der Waals surface area contributed by atoms with Crippen molar-refractivity contribution in [1.82, 2.24) is 0 Å². The molecule has 60 valence electrons. The zero-order chi connectivity index (χ0) is 8.85. The van der Waals surface area contributed by atoms with Gasteiger partial charge >= 0.3 is 0 Å². The van der Waals surface area contributed by atoms with Gasteiger partial charge in [0.25, 0.3) is 0 Å². The summed E-state index contributed by atoms with van der Waals surface area (Å²) in [7, 11) is 0. The Bertz CT molecular complexity index is 240. The molecule has 0 bridgehead atoms. The van der Waals surface area contributed by atoms with E-state index in [1.807, 2.05) is 25.1 Å². The van der Waals surface area contributed by atoms with E-state index in [2.05, 4.69) is 12.5 Å². The molecule has 0 aliphatic rings. The molecule has 1 rings (SSSR count). The lowest BCUT2D eigenvalue weighted by Gasteiger charge is -1.98. The molecule has 0 saturated carbocycles. The fourth-order valence-electron chi connectivity index (χ4n) is 0.694. The highest BCUT2D eigenvalue weighted by Gasteiger charge is 1.90. The second-order valence-electron chi connectivity index (χ2n) is 2.13. The summed E-state index contributed by atoms with van der Waals surface area (Å²) in [4.78, 5) is 0. The first kappa shape index (κ1) is 9.84. The van der Waals surface area contributed by atoms with E-state index in [1.165, 1.54) is 0 Å². The lowest BCUT2D eigenvalue weighted by atomic mass is 10.2. The van der Waals surface area contributed by atoms with Crippen LogP contribution in [0, 0.1) is 6.92 Å². The fraction of sp³-hybridized carbons (Fsp3) is 0.143. The van der Waals surface area contributed by atoms with Crippen LogP contribution in [0.5, 0.6) is 0 Å². The van der Waals surface area contributed by atoms with Gasteiger partial charge < -0.3 is 11.5 Å². The highest BCUT2D eigenvalue weighted by atomic mass is 32.1. The Labute approximate surface area is 70.9 Å². The van der Waals surface area contributed by atoms with Crippen LogP contribution in [-0.2, 0) is 12.5 Å². The third kappa shape index (κ3) is 2.95. The Kier molecular flexibility index (Phi) is 4.14. The zero-order valence-electron chi connectivity index (χ0n) is 6.20. The van der Waals surface area contributed by atoms with E-state index in [0.29, 0.717) is 11.4 Å². The Morgan fingerprint density at radius 2 is 1.73 bits per heavy atom. The Morgan fingerprint density at radius 3 is 2.09 bits per heavy atom. The van der Waals surface area contributed by atoms with Crippen molar-refractivity contribution in [2.45, 2.75) is 6.92 Å². The van der Waals surface area contributed by atoms with E-state index in [9.17, 15) is 0 Å². The van der Waals surface area contributed by atoms with Crippen molar-refractivity contribution in [1.29, 1.82) is 0 Å². The van der Waals surface area contributed by atoms with E-state index in [4.69, 9.17) is 15.7 Å². The van der Waals surface area contributed by atoms with Gasteiger partial charge in [-0.25, -0.2) is 0 Å². The minimum absolute atomic E-state index is 0.653. The Balaban J connectivity index is 0.000000461. The summed E-state index contributed by atoms with van der Waals surface area (Å²) in [6, 6.07) is 5.60. The van der Waals surface area contributed by atoms with Gasteiger partial charge in [0, 0.05) is 0 Å². The molecule has 0 spiro atoms. The SMILES string of the molecule is Cc1ccc(N)c(N)c1.O=S. The van der Waals surface area contributed by atoms with E-state index >= 15 is 0 Å². The average Bonchev–Trinajstić information content (AvgIpc) is 2.02. The number of anilines is 2. The summed E-state index contributed by atoms with van der Waals surface area (Å²) in [5.41, 5.74) is 13.4. The van der Waals surface area contributed by atoms with Gasteiger partial charge in [-0.15, -0.1) is 0 Å². The molecule has 1 aromatic carbocycles. The quantitative estimate of drug-likeness (QED) is 0.566. The summed E-state index contributed by atoms with van der Waals surface area (Å²) in [6.45, 7) is 1.98. The zero-order valence-corrected chi connectivity index (χ0v) is 7.02. The van der Waals surface area contributed by atoms with Crippen LogP contribution in [0.15, 0.2) is 18.2 Å². The van der Waals surface area contributed by atoms with Gasteiger partial charge in [-0.05, 0) is 24.6 Å². The van der Waals surface area contributed by atoms with Crippen LogP contribution >= 0.6 is 0 Å². The molecule has 0 saturated heterocycles. The molecule has 0 amide bonds. The summed E-state index contributed by atoms with van der Waals surface area (Å²) in [5.74, 6) is 0. The molecule has 4 heteroatoms. The lowest BCUT2D eigenvalue weighted by molar-refractivity contribution is 0.702. The highest BCUT2D eigenvalue weighted by molar-refractivity contribution is 7.44. The third-order valence-electron chi connectivity index (χ3n) is 1.24. The number of hydrogen-bond acceptors (Lipinski definition) is 4. The number of rotatable bonds is 0. The summed E-state index contributed by atoms with van der Waals surface area (Å²) < 4.78 is 7.83. The average molecular weight is 170 g/mol. The maximum absolute atomic E-state index is 7.83. The van der Waals surface area contributed by atoms with Gasteiger partial charge in [0.1, 0.15) is 0 Å². The second kappa shape index (κ2) is 4.62. The van der Waals surface area contributed by atoms with Crippen LogP contribution in [0.3, 0.4) is 0 Å². The van der Waals surface area contributed by atoms with Crippen molar-refractivity contribution in [3.8, 4) is 0 Å². The van der Waals surface area contributed by atoms with Crippen molar-refractivity contribution in [3.05, 3.63) is 23.8 Å². The van der Waals surface area contributed by atoms with Gasteiger partial charge in [-0.1, -0.05) is 6.07 Å². The number of benzene rings is 1. The fourth-order valence-corrected chi connectivity index (χ4v) is 0.694. The third-order valence-corrected chi connectivity index (χ3v) is 1.24. The first-order chi connectivity index (χ1) is 5.20. The molecule has 4 N–H and O–H groups in total. The Hall–Kier alpha value is -1.16. The van der Waals surface area contributed by atoms with Gasteiger partial charge in [0.05, 0.1) is 11.4 Å². The topological polar surface area (TPSA) is 69.1 Å². The monoisotopic (exact) mass is 170 g/mol. The molecule has 0 radical (unpaired) electrons. The number of hydrogen-bond donors (Lipinski definition) is 2.